The number of carbonyl (C=O) groups is 1. The number of benzene rings is 1. The van der Waals surface area contributed by atoms with Crippen molar-refractivity contribution in [3.8, 4) is 0 Å². The normalized spacial score (nSPS) is 12.1. The maximum atomic E-state index is 11.5. The van der Waals surface area contributed by atoms with Gasteiger partial charge in [0, 0.05) is 5.75 Å². The van der Waals surface area contributed by atoms with Gasteiger partial charge in [-0.15, -0.1) is 0 Å². The molecule has 16 heavy (non-hydrogen) atoms. The van der Waals surface area contributed by atoms with Crippen LogP contribution < -0.4 is 0 Å². The highest BCUT2D eigenvalue weighted by Gasteiger charge is 2.11. The van der Waals surface area contributed by atoms with Crippen LogP contribution in [0.4, 0.5) is 0 Å². The van der Waals surface area contributed by atoms with E-state index >= 15 is 0 Å². The first-order valence-electron chi connectivity index (χ1n) is 5.43. The first-order chi connectivity index (χ1) is 7.74. The van der Waals surface area contributed by atoms with Gasteiger partial charge in [0.05, 0.1) is 6.42 Å². The number of hydrogen-bond donors (Lipinski definition) is 0. The summed E-state index contributed by atoms with van der Waals surface area (Å²) in [5, 5.41) is 0. The summed E-state index contributed by atoms with van der Waals surface area (Å²) in [6.45, 7) is 2.56. The van der Waals surface area contributed by atoms with Gasteiger partial charge in [0.2, 0.25) is 0 Å². The van der Waals surface area contributed by atoms with E-state index in [0.29, 0.717) is 13.0 Å². The van der Waals surface area contributed by atoms with Crippen LogP contribution in [0.2, 0.25) is 0 Å². The summed E-state index contributed by atoms with van der Waals surface area (Å²) >= 11 is 1.68. The molecule has 2 nitrogen and oxygen atoms in total. The van der Waals surface area contributed by atoms with Crippen molar-refractivity contribution in [3.05, 3.63) is 35.9 Å². The molecule has 0 bridgehead atoms. The van der Waals surface area contributed by atoms with E-state index in [4.69, 9.17) is 4.74 Å². The molecule has 0 aliphatic heterocycles. The fraction of sp³-hybridized carbons (Fsp3) is 0.462. The summed E-state index contributed by atoms with van der Waals surface area (Å²) < 4.78 is 5.11. The summed E-state index contributed by atoms with van der Waals surface area (Å²) in [5.74, 6) is 0.985. The number of hydrogen-bond acceptors (Lipinski definition) is 3. The first-order valence-corrected chi connectivity index (χ1v) is 6.83. The molecule has 0 aliphatic rings. The average molecular weight is 238 g/mol. The molecule has 0 saturated carbocycles. The van der Waals surface area contributed by atoms with Crippen LogP contribution in [0.5, 0.6) is 0 Å². The Morgan fingerprint density at radius 3 is 2.69 bits per heavy atom. The highest BCUT2D eigenvalue weighted by Crippen LogP contribution is 2.18. The van der Waals surface area contributed by atoms with Gasteiger partial charge in [-0.05, 0) is 17.7 Å². The van der Waals surface area contributed by atoms with Gasteiger partial charge in [-0.25, -0.2) is 0 Å². The summed E-state index contributed by atoms with van der Waals surface area (Å²) in [6, 6.07) is 10.0. The van der Waals surface area contributed by atoms with Crippen molar-refractivity contribution >= 4 is 17.7 Å². The topological polar surface area (TPSA) is 26.3 Å². The number of esters is 1. The summed E-state index contributed by atoms with van der Waals surface area (Å²) in [5.41, 5.74) is 1.18. The van der Waals surface area contributed by atoms with E-state index < -0.39 is 0 Å². The zero-order valence-electron chi connectivity index (χ0n) is 9.81. The molecule has 0 heterocycles. The number of thioether (sulfide) groups is 1. The summed E-state index contributed by atoms with van der Waals surface area (Å²) in [7, 11) is 0. The zero-order chi connectivity index (χ0) is 11.8. The van der Waals surface area contributed by atoms with Crippen molar-refractivity contribution in [1.29, 1.82) is 0 Å². The van der Waals surface area contributed by atoms with Crippen molar-refractivity contribution in [2.75, 3.05) is 18.6 Å². The predicted octanol–water partition coefficient (Wildman–Crippen LogP) is 3.09. The Balaban J connectivity index is 2.34. The van der Waals surface area contributed by atoms with Gasteiger partial charge in [-0.2, -0.15) is 11.8 Å². The Labute approximate surface area is 101 Å². The highest BCUT2D eigenvalue weighted by molar-refractivity contribution is 7.98. The van der Waals surface area contributed by atoms with Crippen molar-refractivity contribution in [1.82, 2.24) is 0 Å². The van der Waals surface area contributed by atoms with Crippen LogP contribution in [0.25, 0.3) is 0 Å². The number of ether oxygens (including phenoxy) is 1. The lowest BCUT2D eigenvalue weighted by molar-refractivity contribution is -0.143. The summed E-state index contributed by atoms with van der Waals surface area (Å²) in [6.07, 6.45) is 2.46. The molecule has 1 aromatic carbocycles. The van der Waals surface area contributed by atoms with Crippen LogP contribution in [-0.2, 0) is 9.53 Å². The second-order valence-corrected chi connectivity index (χ2v) is 4.71. The number of carbonyl (C=O) groups excluding carboxylic acids is 1. The van der Waals surface area contributed by atoms with Gasteiger partial charge < -0.3 is 4.74 Å². The van der Waals surface area contributed by atoms with E-state index in [0.717, 1.165) is 5.75 Å². The molecule has 0 fully saturated rings. The van der Waals surface area contributed by atoms with E-state index in [1.165, 1.54) is 5.56 Å². The monoisotopic (exact) mass is 238 g/mol. The van der Waals surface area contributed by atoms with E-state index in [9.17, 15) is 4.79 Å². The van der Waals surface area contributed by atoms with Gasteiger partial charge in [0.15, 0.2) is 0 Å². The average Bonchev–Trinajstić information content (AvgIpc) is 2.30. The molecule has 88 valence electrons. The molecule has 0 amide bonds. The van der Waals surface area contributed by atoms with Crippen LogP contribution in [-0.4, -0.2) is 24.6 Å². The minimum absolute atomic E-state index is 0.106. The second-order valence-electron chi connectivity index (χ2n) is 3.73. The molecule has 0 aromatic heterocycles. The van der Waals surface area contributed by atoms with Gasteiger partial charge in [-0.1, -0.05) is 37.3 Å². The van der Waals surface area contributed by atoms with Gasteiger partial charge in [-0.3, -0.25) is 4.79 Å². The zero-order valence-corrected chi connectivity index (χ0v) is 10.6. The molecule has 0 aliphatic carbocycles. The third kappa shape index (κ3) is 4.71. The molecule has 1 atom stereocenters. The molecule has 0 N–H and O–H groups in total. The summed E-state index contributed by atoms with van der Waals surface area (Å²) in [4.78, 5) is 11.5. The van der Waals surface area contributed by atoms with Gasteiger partial charge in [0.25, 0.3) is 0 Å². The van der Waals surface area contributed by atoms with Crippen molar-refractivity contribution < 1.29 is 9.53 Å². The molecule has 0 saturated heterocycles. The fourth-order valence-electron chi connectivity index (χ4n) is 1.45. The first kappa shape index (κ1) is 13.1. The van der Waals surface area contributed by atoms with Gasteiger partial charge in [0.1, 0.15) is 6.61 Å². The quantitative estimate of drug-likeness (QED) is 0.563. The largest absolute Gasteiger partial charge is 0.465 e. The predicted molar refractivity (Wildman–Crippen MR) is 68.8 cm³/mol. The van der Waals surface area contributed by atoms with Gasteiger partial charge >= 0.3 is 5.97 Å². The maximum absolute atomic E-state index is 11.5. The lowest BCUT2D eigenvalue weighted by atomic mass is 9.98. The third-order valence-electron chi connectivity index (χ3n) is 2.39. The Kier molecular flexibility index (Phi) is 6.01. The molecule has 0 radical (unpaired) electrons. The fourth-order valence-corrected chi connectivity index (χ4v) is 1.70. The lowest BCUT2D eigenvalue weighted by Crippen LogP contribution is -2.10. The molecule has 0 spiro atoms. The maximum Gasteiger partial charge on any atom is 0.306 e. The molecule has 1 aromatic rings. The second kappa shape index (κ2) is 7.34. The van der Waals surface area contributed by atoms with E-state index in [1.807, 2.05) is 43.5 Å². The van der Waals surface area contributed by atoms with E-state index in [1.54, 1.807) is 11.8 Å². The van der Waals surface area contributed by atoms with Crippen LogP contribution in [0.3, 0.4) is 0 Å². The molecule has 1 unspecified atom stereocenters. The van der Waals surface area contributed by atoms with Crippen LogP contribution in [0.1, 0.15) is 24.8 Å². The Morgan fingerprint density at radius 2 is 2.06 bits per heavy atom. The van der Waals surface area contributed by atoms with Crippen molar-refractivity contribution in [2.45, 2.75) is 19.3 Å². The molecule has 3 heteroatoms. The van der Waals surface area contributed by atoms with E-state index in [-0.39, 0.29) is 11.9 Å². The SMILES string of the molecule is CSCCOC(=O)CC(C)c1ccccc1. The van der Waals surface area contributed by atoms with Crippen LogP contribution >= 0.6 is 11.8 Å². The van der Waals surface area contributed by atoms with Crippen LogP contribution in [0.15, 0.2) is 30.3 Å². The third-order valence-corrected chi connectivity index (χ3v) is 2.97. The smallest absolute Gasteiger partial charge is 0.306 e. The molecular formula is C13H18O2S. The highest BCUT2D eigenvalue weighted by atomic mass is 32.2. The molecule has 1 rings (SSSR count). The Bertz CT molecular complexity index is 311. The Hall–Kier alpha value is -0.960. The standard InChI is InChI=1S/C13H18O2S/c1-11(12-6-4-3-5-7-12)10-13(14)15-8-9-16-2/h3-7,11H,8-10H2,1-2H3. The van der Waals surface area contributed by atoms with Crippen molar-refractivity contribution in [3.63, 3.8) is 0 Å². The molecular weight excluding hydrogens is 220 g/mol. The number of rotatable bonds is 6. The lowest BCUT2D eigenvalue weighted by Gasteiger charge is -2.11. The van der Waals surface area contributed by atoms with Crippen molar-refractivity contribution in [2.24, 2.45) is 0 Å². The van der Waals surface area contributed by atoms with Crippen LogP contribution in [0, 0.1) is 0 Å². The minimum atomic E-state index is -0.106. The Morgan fingerprint density at radius 1 is 1.38 bits per heavy atom. The minimum Gasteiger partial charge on any atom is -0.465 e. The van der Waals surface area contributed by atoms with E-state index in [2.05, 4.69) is 0 Å².